The Bertz CT molecular complexity index is 866. The second-order valence-corrected chi connectivity index (χ2v) is 5.11. The lowest BCUT2D eigenvalue weighted by Crippen LogP contribution is -2.04. The molecule has 3 rings (SSSR count). The first-order valence-electron chi connectivity index (χ1n) is 6.91. The van der Waals surface area contributed by atoms with Crippen LogP contribution in [0.4, 0.5) is 13.2 Å². The van der Waals surface area contributed by atoms with Crippen LogP contribution >= 0.6 is 0 Å². The van der Waals surface area contributed by atoms with Crippen molar-refractivity contribution >= 4 is 5.97 Å². The molecule has 3 aromatic rings. The number of alkyl halides is 3. The summed E-state index contributed by atoms with van der Waals surface area (Å²) < 4.78 is 37.9. The third kappa shape index (κ3) is 3.01. The van der Waals surface area contributed by atoms with Crippen LogP contribution in [0.3, 0.4) is 0 Å². The maximum atomic E-state index is 12.6. The highest BCUT2D eigenvalue weighted by molar-refractivity contribution is 5.89. The van der Waals surface area contributed by atoms with Gasteiger partial charge in [-0.15, -0.1) is 0 Å². The van der Waals surface area contributed by atoms with Crippen molar-refractivity contribution in [2.75, 3.05) is 0 Å². The molecule has 0 unspecified atom stereocenters. The summed E-state index contributed by atoms with van der Waals surface area (Å²) >= 11 is 0. The lowest BCUT2D eigenvalue weighted by Gasteiger charge is -2.08. The Labute approximate surface area is 134 Å². The predicted octanol–water partition coefficient (Wildman–Crippen LogP) is 4.46. The monoisotopic (exact) mass is 332 g/mol. The van der Waals surface area contributed by atoms with E-state index in [0.717, 1.165) is 12.1 Å². The van der Waals surface area contributed by atoms with Gasteiger partial charge in [-0.05, 0) is 29.8 Å². The molecule has 4 nitrogen and oxygen atoms in total. The van der Waals surface area contributed by atoms with Crippen LogP contribution in [0.15, 0.2) is 54.7 Å². The molecule has 0 radical (unpaired) electrons. The van der Waals surface area contributed by atoms with E-state index in [2.05, 4.69) is 10.2 Å². The Kier molecular flexibility index (Phi) is 3.84. The van der Waals surface area contributed by atoms with Crippen molar-refractivity contribution in [1.29, 1.82) is 0 Å². The Morgan fingerprint density at radius 3 is 2.08 bits per heavy atom. The number of carboxylic acid groups (broad SMARTS) is 1. The fourth-order valence-corrected chi connectivity index (χ4v) is 2.34. The number of benzene rings is 2. The normalized spacial score (nSPS) is 11.5. The number of hydrogen-bond donors (Lipinski definition) is 2. The van der Waals surface area contributed by atoms with Crippen molar-refractivity contribution in [3.63, 3.8) is 0 Å². The SMILES string of the molecule is O=C(O)c1ccc(-c2c[nH]nc2-c2ccc(C(F)(F)F)cc2)cc1. The molecule has 0 saturated heterocycles. The van der Waals surface area contributed by atoms with Crippen molar-refractivity contribution in [3.05, 3.63) is 65.9 Å². The molecular weight excluding hydrogens is 321 g/mol. The Morgan fingerprint density at radius 1 is 0.958 bits per heavy atom. The maximum Gasteiger partial charge on any atom is 0.416 e. The summed E-state index contributed by atoms with van der Waals surface area (Å²) in [5.41, 5.74) is 1.83. The second-order valence-electron chi connectivity index (χ2n) is 5.11. The fourth-order valence-electron chi connectivity index (χ4n) is 2.34. The van der Waals surface area contributed by atoms with Crippen molar-refractivity contribution in [2.24, 2.45) is 0 Å². The molecule has 122 valence electrons. The summed E-state index contributed by atoms with van der Waals surface area (Å²) in [5.74, 6) is -1.03. The van der Waals surface area contributed by atoms with Crippen LogP contribution in [0, 0.1) is 0 Å². The number of nitrogens with zero attached hydrogens (tertiary/aromatic N) is 1. The number of carbonyl (C=O) groups is 1. The average Bonchev–Trinajstić information content (AvgIpc) is 3.04. The van der Waals surface area contributed by atoms with E-state index in [4.69, 9.17) is 5.11 Å². The number of halogens is 3. The van der Waals surface area contributed by atoms with Crippen LogP contribution in [0.2, 0.25) is 0 Å². The van der Waals surface area contributed by atoms with Gasteiger partial charge in [-0.25, -0.2) is 4.79 Å². The van der Waals surface area contributed by atoms with Gasteiger partial charge in [-0.3, -0.25) is 5.10 Å². The van der Waals surface area contributed by atoms with E-state index in [-0.39, 0.29) is 5.56 Å². The van der Waals surface area contributed by atoms with E-state index >= 15 is 0 Å². The molecule has 0 aliphatic rings. The number of aromatic amines is 1. The molecule has 0 amide bonds. The van der Waals surface area contributed by atoms with Crippen LogP contribution in [0.1, 0.15) is 15.9 Å². The van der Waals surface area contributed by atoms with Crippen LogP contribution < -0.4 is 0 Å². The van der Waals surface area contributed by atoms with Gasteiger partial charge in [0, 0.05) is 17.3 Å². The molecule has 0 saturated carbocycles. The molecule has 0 spiro atoms. The molecule has 0 aliphatic carbocycles. The summed E-state index contributed by atoms with van der Waals surface area (Å²) in [6.07, 6.45) is -2.78. The molecule has 24 heavy (non-hydrogen) atoms. The standard InChI is InChI=1S/C17H11F3N2O2/c18-17(19,20)13-7-5-11(6-8-13)15-14(9-21-22-15)10-1-3-12(4-2-10)16(23)24/h1-9H,(H,21,22)(H,23,24). The van der Waals surface area contributed by atoms with Gasteiger partial charge in [0.1, 0.15) is 0 Å². The fraction of sp³-hybridized carbons (Fsp3) is 0.0588. The predicted molar refractivity (Wildman–Crippen MR) is 81.4 cm³/mol. The Morgan fingerprint density at radius 2 is 1.54 bits per heavy atom. The molecule has 0 aliphatic heterocycles. The average molecular weight is 332 g/mol. The number of carboxylic acids is 1. The minimum atomic E-state index is -4.39. The molecule has 2 N–H and O–H groups in total. The Hall–Kier alpha value is -3.09. The number of aromatic carboxylic acids is 1. The number of aromatic nitrogens is 2. The minimum absolute atomic E-state index is 0.151. The van der Waals surface area contributed by atoms with Crippen molar-refractivity contribution in [2.45, 2.75) is 6.18 Å². The summed E-state index contributed by atoms with van der Waals surface area (Å²) in [4.78, 5) is 10.9. The van der Waals surface area contributed by atoms with Gasteiger partial charge < -0.3 is 5.11 Å². The molecule has 7 heteroatoms. The summed E-state index contributed by atoms with van der Waals surface area (Å²) in [6, 6.07) is 10.9. The van der Waals surface area contributed by atoms with E-state index in [0.29, 0.717) is 22.4 Å². The van der Waals surface area contributed by atoms with Gasteiger partial charge in [0.05, 0.1) is 16.8 Å². The highest BCUT2D eigenvalue weighted by Gasteiger charge is 2.30. The first-order valence-corrected chi connectivity index (χ1v) is 6.91. The summed E-state index contributed by atoms with van der Waals surface area (Å²) in [5, 5.41) is 15.7. The van der Waals surface area contributed by atoms with Crippen LogP contribution in [-0.2, 0) is 6.18 Å². The third-order valence-corrected chi connectivity index (χ3v) is 3.57. The number of nitrogens with one attached hydrogen (secondary N) is 1. The molecule has 0 atom stereocenters. The number of hydrogen-bond acceptors (Lipinski definition) is 2. The molecular formula is C17H11F3N2O2. The van der Waals surface area contributed by atoms with Crippen molar-refractivity contribution < 1.29 is 23.1 Å². The van der Waals surface area contributed by atoms with Crippen molar-refractivity contribution in [1.82, 2.24) is 10.2 Å². The molecule has 1 aromatic heterocycles. The second kappa shape index (κ2) is 5.84. The van der Waals surface area contributed by atoms with E-state index < -0.39 is 17.7 Å². The van der Waals surface area contributed by atoms with Gasteiger partial charge in [-0.1, -0.05) is 24.3 Å². The van der Waals surface area contributed by atoms with Gasteiger partial charge in [0.25, 0.3) is 0 Å². The topological polar surface area (TPSA) is 66.0 Å². The number of H-pyrrole nitrogens is 1. The lowest BCUT2D eigenvalue weighted by atomic mass is 10.00. The van der Waals surface area contributed by atoms with E-state index in [1.807, 2.05) is 0 Å². The highest BCUT2D eigenvalue weighted by atomic mass is 19.4. The molecule has 0 fully saturated rings. The quantitative estimate of drug-likeness (QED) is 0.744. The zero-order valence-corrected chi connectivity index (χ0v) is 12.1. The maximum absolute atomic E-state index is 12.6. The lowest BCUT2D eigenvalue weighted by molar-refractivity contribution is -0.137. The summed E-state index contributed by atoms with van der Waals surface area (Å²) in [6.45, 7) is 0. The first kappa shape index (κ1) is 15.8. The highest BCUT2D eigenvalue weighted by Crippen LogP contribution is 2.33. The van der Waals surface area contributed by atoms with Crippen LogP contribution in [0.25, 0.3) is 22.4 Å². The van der Waals surface area contributed by atoms with Gasteiger partial charge in [0.15, 0.2) is 0 Å². The number of rotatable bonds is 3. The first-order chi connectivity index (χ1) is 11.4. The molecule has 2 aromatic carbocycles. The zero-order chi connectivity index (χ0) is 17.3. The Balaban J connectivity index is 1.97. The minimum Gasteiger partial charge on any atom is -0.478 e. The van der Waals surface area contributed by atoms with E-state index in [9.17, 15) is 18.0 Å². The zero-order valence-electron chi connectivity index (χ0n) is 12.1. The van der Waals surface area contributed by atoms with E-state index in [1.165, 1.54) is 24.3 Å². The largest absolute Gasteiger partial charge is 0.478 e. The van der Waals surface area contributed by atoms with Gasteiger partial charge >= 0.3 is 12.1 Å². The van der Waals surface area contributed by atoms with Crippen LogP contribution in [0.5, 0.6) is 0 Å². The van der Waals surface area contributed by atoms with Gasteiger partial charge in [-0.2, -0.15) is 18.3 Å². The summed E-state index contributed by atoms with van der Waals surface area (Å²) in [7, 11) is 0. The van der Waals surface area contributed by atoms with E-state index in [1.54, 1.807) is 18.3 Å². The van der Waals surface area contributed by atoms with Gasteiger partial charge in [0.2, 0.25) is 0 Å². The third-order valence-electron chi connectivity index (χ3n) is 3.57. The molecule has 0 bridgehead atoms. The van der Waals surface area contributed by atoms with Crippen LogP contribution in [-0.4, -0.2) is 21.3 Å². The smallest absolute Gasteiger partial charge is 0.416 e. The van der Waals surface area contributed by atoms with Crippen molar-refractivity contribution in [3.8, 4) is 22.4 Å². The molecule has 1 heterocycles.